The molecule has 1 atom stereocenters. The zero-order chi connectivity index (χ0) is 15.5. The maximum atomic E-state index is 11.0. The van der Waals surface area contributed by atoms with Gasteiger partial charge in [-0.05, 0) is 25.1 Å². The summed E-state index contributed by atoms with van der Waals surface area (Å²) in [5, 5.41) is 10.5. The summed E-state index contributed by atoms with van der Waals surface area (Å²) in [4.78, 5) is 19.7. The Bertz CT molecular complexity index is 729. The Morgan fingerprint density at radius 2 is 2.36 bits per heavy atom. The maximum absolute atomic E-state index is 11.0. The molecule has 0 bridgehead atoms. The molecule has 6 nitrogen and oxygen atoms in total. The largest absolute Gasteiger partial charge is 0.493 e. The first-order valence-corrected chi connectivity index (χ1v) is 8.65. The number of ether oxygens (including phenoxy) is 1. The number of carboxylic acid groups (broad SMARTS) is 1. The van der Waals surface area contributed by atoms with Crippen molar-refractivity contribution in [3.05, 3.63) is 23.2 Å². The molecule has 0 radical (unpaired) electrons. The fourth-order valence-electron chi connectivity index (χ4n) is 1.98. The molecule has 0 saturated carbocycles. The van der Waals surface area contributed by atoms with Gasteiger partial charge in [-0.25, -0.2) is 9.78 Å². The van der Waals surface area contributed by atoms with Gasteiger partial charge in [-0.3, -0.25) is 4.99 Å². The summed E-state index contributed by atoms with van der Waals surface area (Å²) >= 11 is 2.95. The number of benzene rings is 1. The van der Waals surface area contributed by atoms with Gasteiger partial charge in [0, 0.05) is 11.8 Å². The smallest absolute Gasteiger partial charge is 0.329 e. The number of nitrogens with zero attached hydrogens (tertiary/aromatic N) is 2. The highest BCUT2D eigenvalue weighted by molar-refractivity contribution is 8.15. The van der Waals surface area contributed by atoms with Gasteiger partial charge in [-0.15, -0.1) is 23.1 Å². The standard InChI is InChI=1S/C14H15N3O3S2/c15-4-1-5-20-8-2-3-11-9(6-8)16-13(22-11)12-17-10(7-21-12)14(18)19/h2-3,6,10H,1,4-5,7,15H2,(H,18,19)/t10-/m1/s1. The fraction of sp³-hybridized carbons (Fsp3) is 0.357. The number of thiazole rings is 1. The minimum atomic E-state index is -0.890. The molecular weight excluding hydrogens is 322 g/mol. The number of carboxylic acids is 1. The second-order valence-corrected chi connectivity index (χ2v) is 6.78. The molecule has 3 N–H and O–H groups in total. The van der Waals surface area contributed by atoms with Gasteiger partial charge in [0.05, 0.1) is 16.8 Å². The van der Waals surface area contributed by atoms with Gasteiger partial charge in [0.1, 0.15) is 15.8 Å². The van der Waals surface area contributed by atoms with Crippen molar-refractivity contribution in [2.75, 3.05) is 18.9 Å². The molecule has 0 saturated heterocycles. The van der Waals surface area contributed by atoms with Crippen LogP contribution in [0.4, 0.5) is 0 Å². The van der Waals surface area contributed by atoms with Crippen LogP contribution in [-0.4, -0.2) is 46.0 Å². The highest BCUT2D eigenvalue weighted by atomic mass is 32.2. The van der Waals surface area contributed by atoms with Crippen molar-refractivity contribution in [2.24, 2.45) is 10.7 Å². The van der Waals surface area contributed by atoms with Gasteiger partial charge >= 0.3 is 5.97 Å². The summed E-state index contributed by atoms with van der Waals surface area (Å²) in [6, 6.07) is 5.09. The molecule has 0 unspecified atom stereocenters. The molecule has 0 amide bonds. The summed E-state index contributed by atoms with van der Waals surface area (Å²) in [6.45, 7) is 1.19. The number of hydrogen-bond acceptors (Lipinski definition) is 7. The Balaban J connectivity index is 1.81. The van der Waals surface area contributed by atoms with E-state index in [4.69, 9.17) is 15.6 Å². The topological polar surface area (TPSA) is 97.8 Å². The van der Waals surface area contributed by atoms with Crippen molar-refractivity contribution in [1.82, 2.24) is 4.98 Å². The van der Waals surface area contributed by atoms with Crippen molar-refractivity contribution >= 4 is 44.3 Å². The summed E-state index contributed by atoms with van der Waals surface area (Å²) < 4.78 is 6.64. The summed E-state index contributed by atoms with van der Waals surface area (Å²) in [5.41, 5.74) is 6.28. The second kappa shape index (κ2) is 6.64. The molecule has 0 spiro atoms. The van der Waals surface area contributed by atoms with Crippen LogP contribution in [0.3, 0.4) is 0 Å². The number of rotatable bonds is 6. The molecule has 1 aliphatic rings. The third-order valence-corrected chi connectivity index (χ3v) is 5.32. The van der Waals surface area contributed by atoms with Gasteiger partial charge in [0.15, 0.2) is 6.04 Å². The van der Waals surface area contributed by atoms with Crippen molar-refractivity contribution in [3.63, 3.8) is 0 Å². The predicted molar refractivity (Wildman–Crippen MR) is 89.2 cm³/mol. The molecule has 116 valence electrons. The van der Waals surface area contributed by atoms with Crippen molar-refractivity contribution in [1.29, 1.82) is 0 Å². The zero-order valence-electron chi connectivity index (χ0n) is 11.7. The molecule has 3 rings (SSSR count). The third kappa shape index (κ3) is 3.23. The molecule has 1 aromatic carbocycles. The normalized spacial score (nSPS) is 17.7. The minimum absolute atomic E-state index is 0.466. The lowest BCUT2D eigenvalue weighted by Gasteiger charge is -2.04. The second-order valence-electron chi connectivity index (χ2n) is 4.74. The van der Waals surface area contributed by atoms with Crippen LogP contribution in [0.5, 0.6) is 5.75 Å². The molecular formula is C14H15N3O3S2. The van der Waals surface area contributed by atoms with E-state index in [2.05, 4.69) is 9.98 Å². The lowest BCUT2D eigenvalue weighted by atomic mass is 10.3. The Morgan fingerprint density at radius 1 is 1.50 bits per heavy atom. The molecule has 2 aromatic rings. The minimum Gasteiger partial charge on any atom is -0.493 e. The SMILES string of the molecule is NCCCOc1ccc2sc(C3=N[C@@H](C(=O)O)CS3)nc2c1. The number of aliphatic imine (C=N–C) groups is 1. The number of thioether (sulfide) groups is 1. The third-order valence-electron chi connectivity index (χ3n) is 3.10. The first kappa shape index (κ1) is 15.3. The molecule has 1 aromatic heterocycles. The van der Waals surface area contributed by atoms with Crippen LogP contribution in [0.15, 0.2) is 23.2 Å². The Hall–Kier alpha value is -1.64. The summed E-state index contributed by atoms with van der Waals surface area (Å²) in [7, 11) is 0. The fourth-order valence-corrected chi connectivity index (χ4v) is 4.02. The van der Waals surface area contributed by atoms with E-state index in [1.807, 2.05) is 18.2 Å². The van der Waals surface area contributed by atoms with Gasteiger partial charge in [0.2, 0.25) is 0 Å². The first-order valence-electron chi connectivity index (χ1n) is 6.84. The van der Waals surface area contributed by atoms with Gasteiger partial charge in [0.25, 0.3) is 0 Å². The van der Waals surface area contributed by atoms with Crippen LogP contribution in [0.2, 0.25) is 0 Å². The van der Waals surface area contributed by atoms with E-state index in [0.717, 1.165) is 27.4 Å². The lowest BCUT2D eigenvalue weighted by molar-refractivity contribution is -0.137. The maximum Gasteiger partial charge on any atom is 0.329 e. The predicted octanol–water partition coefficient (Wildman–Crippen LogP) is 1.97. The van der Waals surface area contributed by atoms with Crippen molar-refractivity contribution in [3.8, 4) is 5.75 Å². The van der Waals surface area contributed by atoms with E-state index in [-0.39, 0.29) is 0 Å². The lowest BCUT2D eigenvalue weighted by Crippen LogP contribution is -2.17. The number of hydrogen-bond donors (Lipinski definition) is 2. The van der Waals surface area contributed by atoms with Crippen LogP contribution in [0.1, 0.15) is 11.4 Å². The van der Waals surface area contributed by atoms with E-state index >= 15 is 0 Å². The quantitative estimate of drug-likeness (QED) is 0.782. The number of aliphatic carboxylic acids is 1. The molecule has 1 aliphatic heterocycles. The molecule has 22 heavy (non-hydrogen) atoms. The summed E-state index contributed by atoms with van der Waals surface area (Å²) in [5.74, 6) is 0.343. The molecule has 0 fully saturated rings. The van der Waals surface area contributed by atoms with E-state index < -0.39 is 12.0 Å². The molecule has 8 heteroatoms. The van der Waals surface area contributed by atoms with E-state index in [0.29, 0.717) is 23.9 Å². The Labute approximate surface area is 135 Å². The van der Waals surface area contributed by atoms with Crippen molar-refractivity contribution in [2.45, 2.75) is 12.5 Å². The average molecular weight is 337 g/mol. The average Bonchev–Trinajstić information content (AvgIpc) is 3.13. The number of nitrogens with two attached hydrogens (primary N) is 1. The molecule has 0 aliphatic carbocycles. The first-order chi connectivity index (χ1) is 10.7. The van der Waals surface area contributed by atoms with Crippen LogP contribution >= 0.6 is 23.1 Å². The van der Waals surface area contributed by atoms with E-state index in [1.54, 1.807) is 0 Å². The Morgan fingerprint density at radius 3 is 3.09 bits per heavy atom. The van der Waals surface area contributed by atoms with Gasteiger partial charge < -0.3 is 15.6 Å². The highest BCUT2D eigenvalue weighted by Gasteiger charge is 2.26. The molecule has 2 heterocycles. The monoisotopic (exact) mass is 337 g/mol. The Kier molecular flexibility index (Phi) is 4.60. The highest BCUT2D eigenvalue weighted by Crippen LogP contribution is 2.31. The zero-order valence-corrected chi connectivity index (χ0v) is 13.3. The number of fused-ring (bicyclic) bond motifs is 1. The van der Waals surface area contributed by atoms with Crippen molar-refractivity contribution < 1.29 is 14.6 Å². The number of carbonyl (C=O) groups is 1. The van der Waals surface area contributed by atoms with Gasteiger partial charge in [-0.2, -0.15) is 0 Å². The van der Waals surface area contributed by atoms with Crippen LogP contribution < -0.4 is 10.5 Å². The van der Waals surface area contributed by atoms with E-state index in [1.165, 1.54) is 23.1 Å². The van der Waals surface area contributed by atoms with Crippen LogP contribution in [0.25, 0.3) is 10.2 Å². The number of aromatic nitrogens is 1. The summed E-state index contributed by atoms with van der Waals surface area (Å²) in [6.07, 6.45) is 0.810. The van der Waals surface area contributed by atoms with Gasteiger partial charge in [-0.1, -0.05) is 0 Å². The van der Waals surface area contributed by atoms with Crippen LogP contribution in [0, 0.1) is 0 Å². The van der Waals surface area contributed by atoms with E-state index in [9.17, 15) is 4.79 Å². The van der Waals surface area contributed by atoms with Crippen LogP contribution in [-0.2, 0) is 4.79 Å².